The first kappa shape index (κ1) is 11.5. The Labute approximate surface area is 92.9 Å². The smallest absolute Gasteiger partial charge is 0.228 e. The minimum atomic E-state index is -0.0830. The van der Waals surface area contributed by atoms with Crippen LogP contribution in [0.25, 0.3) is 0 Å². The van der Waals surface area contributed by atoms with Crippen molar-refractivity contribution in [3.8, 4) is 0 Å². The summed E-state index contributed by atoms with van der Waals surface area (Å²) in [4.78, 5) is 12.1. The Hall–Kier alpha value is -0.550. The number of hydrogen-bond donors (Lipinski definition) is 1. The van der Waals surface area contributed by atoms with Crippen LogP contribution in [0.4, 0.5) is 5.95 Å². The maximum absolute atomic E-state index is 5.74. The van der Waals surface area contributed by atoms with Gasteiger partial charge in [0, 0.05) is 5.54 Å². The van der Waals surface area contributed by atoms with Crippen LogP contribution in [0.15, 0.2) is 5.16 Å². The molecule has 0 radical (unpaired) electrons. The number of nitrogens with one attached hydrogen (secondary N) is 1. The van der Waals surface area contributed by atoms with Gasteiger partial charge in [-0.2, -0.15) is 15.0 Å². The highest BCUT2D eigenvalue weighted by Crippen LogP contribution is 2.16. The molecular weight excluding hydrogens is 220 g/mol. The fraction of sp³-hybridized carbons (Fsp3) is 0.625. The van der Waals surface area contributed by atoms with Crippen molar-refractivity contribution in [2.45, 2.75) is 31.5 Å². The van der Waals surface area contributed by atoms with E-state index in [0.717, 1.165) is 0 Å². The molecule has 1 aromatic rings. The molecule has 0 fully saturated rings. The molecule has 0 unspecified atom stereocenters. The lowest BCUT2D eigenvalue weighted by Crippen LogP contribution is -2.27. The van der Waals surface area contributed by atoms with E-state index in [1.54, 1.807) is 0 Å². The van der Waals surface area contributed by atoms with Crippen molar-refractivity contribution in [2.75, 3.05) is 11.6 Å². The second-order valence-corrected chi connectivity index (χ2v) is 4.90. The fourth-order valence-electron chi connectivity index (χ4n) is 0.815. The lowest BCUT2D eigenvalue weighted by atomic mass is 10.1. The summed E-state index contributed by atoms with van der Waals surface area (Å²) in [5.74, 6) is 0.516. The summed E-state index contributed by atoms with van der Waals surface area (Å²) in [5.41, 5.74) is -0.0830. The Kier molecular flexibility index (Phi) is 3.55. The standard InChI is InChI=1S/C8H13ClN4S/c1-8(2,3)13-6-10-5(9)11-7(12-6)14-4/h1-4H3,(H,10,11,12,13). The molecule has 0 aliphatic carbocycles. The van der Waals surface area contributed by atoms with Gasteiger partial charge in [0.1, 0.15) is 0 Å². The zero-order valence-corrected chi connectivity index (χ0v) is 10.2. The van der Waals surface area contributed by atoms with Gasteiger partial charge in [0.15, 0.2) is 5.16 Å². The number of aromatic nitrogens is 3. The van der Waals surface area contributed by atoms with E-state index in [1.807, 2.05) is 27.0 Å². The van der Waals surface area contributed by atoms with Crippen molar-refractivity contribution in [3.63, 3.8) is 0 Å². The van der Waals surface area contributed by atoms with Crippen LogP contribution >= 0.6 is 23.4 Å². The Morgan fingerprint density at radius 1 is 1.21 bits per heavy atom. The molecule has 1 N–H and O–H groups in total. The number of anilines is 1. The molecule has 14 heavy (non-hydrogen) atoms. The largest absolute Gasteiger partial charge is 0.349 e. The van der Waals surface area contributed by atoms with Crippen LogP contribution in [-0.2, 0) is 0 Å². The average molecular weight is 233 g/mol. The molecule has 6 heteroatoms. The predicted octanol–water partition coefficient (Wildman–Crippen LogP) is 2.46. The SMILES string of the molecule is CSc1nc(Cl)nc(NC(C)(C)C)n1. The molecule has 0 aliphatic rings. The number of nitrogens with zero attached hydrogens (tertiary/aromatic N) is 3. The third-order valence-electron chi connectivity index (χ3n) is 1.26. The maximum atomic E-state index is 5.74. The predicted molar refractivity (Wildman–Crippen MR) is 60.0 cm³/mol. The van der Waals surface area contributed by atoms with Crippen molar-refractivity contribution in [2.24, 2.45) is 0 Å². The van der Waals surface area contributed by atoms with Crippen molar-refractivity contribution in [1.82, 2.24) is 15.0 Å². The Morgan fingerprint density at radius 3 is 2.36 bits per heavy atom. The normalized spacial score (nSPS) is 11.5. The summed E-state index contributed by atoms with van der Waals surface area (Å²) < 4.78 is 0. The van der Waals surface area contributed by atoms with Gasteiger partial charge >= 0.3 is 0 Å². The van der Waals surface area contributed by atoms with E-state index < -0.39 is 0 Å². The van der Waals surface area contributed by atoms with Crippen LogP contribution in [0.2, 0.25) is 5.28 Å². The highest BCUT2D eigenvalue weighted by Gasteiger charge is 2.12. The van der Waals surface area contributed by atoms with Gasteiger partial charge in [0.25, 0.3) is 0 Å². The van der Waals surface area contributed by atoms with Crippen LogP contribution in [0.1, 0.15) is 20.8 Å². The first-order valence-corrected chi connectivity index (χ1v) is 5.75. The minimum absolute atomic E-state index is 0.0830. The van der Waals surface area contributed by atoms with E-state index in [9.17, 15) is 0 Å². The molecule has 4 nitrogen and oxygen atoms in total. The molecule has 1 aromatic heterocycles. The molecule has 0 aliphatic heterocycles. The molecule has 0 saturated carbocycles. The summed E-state index contributed by atoms with van der Waals surface area (Å²) in [7, 11) is 0. The van der Waals surface area contributed by atoms with Crippen molar-refractivity contribution in [3.05, 3.63) is 5.28 Å². The molecule has 0 saturated heterocycles. The summed E-state index contributed by atoms with van der Waals surface area (Å²) in [6, 6.07) is 0. The zero-order valence-electron chi connectivity index (χ0n) is 8.63. The van der Waals surface area contributed by atoms with E-state index in [2.05, 4.69) is 20.3 Å². The quantitative estimate of drug-likeness (QED) is 0.794. The zero-order chi connectivity index (χ0) is 10.8. The van der Waals surface area contributed by atoms with Crippen molar-refractivity contribution < 1.29 is 0 Å². The summed E-state index contributed by atoms with van der Waals surface area (Å²) in [5, 5.41) is 3.98. The lowest BCUT2D eigenvalue weighted by molar-refractivity contribution is 0.622. The highest BCUT2D eigenvalue weighted by atomic mass is 35.5. The van der Waals surface area contributed by atoms with Crippen molar-refractivity contribution >= 4 is 29.3 Å². The molecule has 1 heterocycles. The van der Waals surface area contributed by atoms with Gasteiger partial charge in [-0.05, 0) is 38.6 Å². The number of halogens is 1. The molecule has 0 spiro atoms. The van der Waals surface area contributed by atoms with Gasteiger partial charge in [-0.3, -0.25) is 0 Å². The van der Waals surface area contributed by atoms with Gasteiger partial charge in [0.2, 0.25) is 11.2 Å². The monoisotopic (exact) mass is 232 g/mol. The molecule has 0 bridgehead atoms. The second-order valence-electron chi connectivity index (χ2n) is 3.79. The summed E-state index contributed by atoms with van der Waals surface area (Å²) in [6.07, 6.45) is 1.90. The topological polar surface area (TPSA) is 50.7 Å². The van der Waals surface area contributed by atoms with Crippen LogP contribution < -0.4 is 5.32 Å². The lowest BCUT2D eigenvalue weighted by Gasteiger charge is -2.20. The Morgan fingerprint density at radius 2 is 1.86 bits per heavy atom. The van der Waals surface area contributed by atoms with Crippen LogP contribution in [0.5, 0.6) is 0 Å². The van der Waals surface area contributed by atoms with Crippen LogP contribution in [-0.4, -0.2) is 26.7 Å². The van der Waals surface area contributed by atoms with E-state index in [0.29, 0.717) is 11.1 Å². The van der Waals surface area contributed by atoms with E-state index >= 15 is 0 Å². The van der Waals surface area contributed by atoms with Crippen molar-refractivity contribution in [1.29, 1.82) is 0 Å². The Bertz CT molecular complexity index is 324. The molecule has 0 atom stereocenters. The first-order valence-electron chi connectivity index (χ1n) is 4.14. The van der Waals surface area contributed by atoms with E-state index in [1.165, 1.54) is 11.8 Å². The molecule has 78 valence electrons. The Balaban J connectivity index is 2.92. The minimum Gasteiger partial charge on any atom is -0.349 e. The first-order chi connectivity index (χ1) is 6.40. The van der Waals surface area contributed by atoms with Gasteiger partial charge in [-0.15, -0.1) is 0 Å². The number of hydrogen-bond acceptors (Lipinski definition) is 5. The summed E-state index contributed by atoms with van der Waals surface area (Å²) in [6.45, 7) is 6.09. The number of rotatable bonds is 2. The highest BCUT2D eigenvalue weighted by molar-refractivity contribution is 7.98. The second kappa shape index (κ2) is 4.31. The molecule has 1 rings (SSSR count). The third kappa shape index (κ3) is 3.67. The van der Waals surface area contributed by atoms with E-state index in [-0.39, 0.29) is 10.8 Å². The number of thioether (sulfide) groups is 1. The van der Waals surface area contributed by atoms with Gasteiger partial charge in [0.05, 0.1) is 0 Å². The van der Waals surface area contributed by atoms with Gasteiger partial charge in [-0.1, -0.05) is 11.8 Å². The van der Waals surface area contributed by atoms with E-state index in [4.69, 9.17) is 11.6 Å². The third-order valence-corrected chi connectivity index (χ3v) is 1.97. The van der Waals surface area contributed by atoms with Gasteiger partial charge < -0.3 is 5.32 Å². The van der Waals surface area contributed by atoms with Gasteiger partial charge in [-0.25, -0.2) is 0 Å². The molecule has 0 aromatic carbocycles. The molecular formula is C8H13ClN4S. The summed E-state index contributed by atoms with van der Waals surface area (Å²) >= 11 is 7.18. The van der Waals surface area contributed by atoms with Crippen LogP contribution in [0, 0.1) is 0 Å². The molecule has 0 amide bonds. The van der Waals surface area contributed by atoms with Crippen LogP contribution in [0.3, 0.4) is 0 Å². The maximum Gasteiger partial charge on any atom is 0.228 e. The average Bonchev–Trinajstić information content (AvgIpc) is 1.99. The fourth-order valence-corrected chi connectivity index (χ4v) is 1.38.